The lowest BCUT2D eigenvalue weighted by molar-refractivity contribution is -0.143. The van der Waals surface area contributed by atoms with E-state index in [1.165, 1.54) is 43.1 Å². The summed E-state index contributed by atoms with van der Waals surface area (Å²) >= 11 is 2.53. The molecule has 8 nitrogen and oxygen atoms in total. The lowest BCUT2D eigenvalue weighted by Crippen LogP contribution is -2.14. The van der Waals surface area contributed by atoms with Gasteiger partial charge in [-0.15, -0.1) is 10.2 Å². The van der Waals surface area contributed by atoms with Crippen molar-refractivity contribution in [3.63, 3.8) is 0 Å². The summed E-state index contributed by atoms with van der Waals surface area (Å²) in [6.07, 6.45) is -8.76. The summed E-state index contributed by atoms with van der Waals surface area (Å²) in [6, 6.07) is 14.7. The first kappa shape index (κ1) is 34.1. The molecular formula is C30H22F6N4O4S2. The highest BCUT2D eigenvalue weighted by atomic mass is 32.2. The predicted octanol–water partition coefficient (Wildman–Crippen LogP) is 8.01. The Hall–Kier alpha value is -4.75. The maximum atomic E-state index is 13.5. The molecule has 1 heterocycles. The van der Waals surface area contributed by atoms with E-state index in [1.54, 1.807) is 13.2 Å². The van der Waals surface area contributed by atoms with Crippen LogP contribution in [0.5, 0.6) is 17.2 Å². The van der Waals surface area contributed by atoms with Crippen LogP contribution in [0.4, 0.5) is 31.5 Å². The van der Waals surface area contributed by atoms with Gasteiger partial charge in [-0.05, 0) is 53.6 Å². The second kappa shape index (κ2) is 14.6. The van der Waals surface area contributed by atoms with Gasteiger partial charge in [0.2, 0.25) is 5.13 Å². The van der Waals surface area contributed by atoms with Crippen LogP contribution in [0, 0.1) is 11.3 Å². The van der Waals surface area contributed by atoms with Crippen molar-refractivity contribution in [3.8, 4) is 23.3 Å². The minimum atomic E-state index is -5.06. The number of hydrogen-bond donors (Lipinski definition) is 1. The van der Waals surface area contributed by atoms with Gasteiger partial charge in [-0.3, -0.25) is 10.1 Å². The second-order valence-corrected chi connectivity index (χ2v) is 11.4. The molecule has 46 heavy (non-hydrogen) atoms. The van der Waals surface area contributed by atoms with Crippen molar-refractivity contribution in [1.29, 1.82) is 5.26 Å². The van der Waals surface area contributed by atoms with E-state index in [2.05, 4.69) is 15.5 Å². The lowest BCUT2D eigenvalue weighted by atomic mass is 10.0. The van der Waals surface area contributed by atoms with E-state index in [0.29, 0.717) is 27.8 Å². The van der Waals surface area contributed by atoms with E-state index in [9.17, 15) is 36.4 Å². The normalized spacial score (nSPS) is 11.9. The summed E-state index contributed by atoms with van der Waals surface area (Å²) in [5.41, 5.74) is -2.39. The Morgan fingerprint density at radius 1 is 0.957 bits per heavy atom. The Bertz CT molecular complexity index is 1770. The molecule has 0 radical (unpaired) electrons. The Morgan fingerprint density at radius 2 is 1.70 bits per heavy atom. The van der Waals surface area contributed by atoms with Gasteiger partial charge < -0.3 is 14.2 Å². The van der Waals surface area contributed by atoms with E-state index < -0.39 is 41.6 Å². The van der Waals surface area contributed by atoms with Crippen LogP contribution in [0.3, 0.4) is 0 Å². The molecule has 0 saturated carbocycles. The molecule has 0 atom stereocenters. The number of nitriles is 1. The highest BCUT2D eigenvalue weighted by molar-refractivity contribution is 8.00. The van der Waals surface area contributed by atoms with Crippen LogP contribution < -0.4 is 19.5 Å². The van der Waals surface area contributed by atoms with Crippen molar-refractivity contribution in [2.24, 2.45) is 0 Å². The van der Waals surface area contributed by atoms with Gasteiger partial charge >= 0.3 is 12.4 Å². The first-order valence-corrected chi connectivity index (χ1v) is 14.7. The van der Waals surface area contributed by atoms with E-state index in [1.807, 2.05) is 24.3 Å². The average molecular weight is 681 g/mol. The number of hydrogen-bond acceptors (Lipinski definition) is 9. The van der Waals surface area contributed by atoms with E-state index in [-0.39, 0.29) is 28.3 Å². The van der Waals surface area contributed by atoms with Crippen molar-refractivity contribution in [1.82, 2.24) is 10.2 Å². The van der Waals surface area contributed by atoms with Crippen LogP contribution in [0.25, 0.3) is 6.08 Å². The number of amides is 1. The quantitative estimate of drug-likeness (QED) is 0.0559. The van der Waals surface area contributed by atoms with Gasteiger partial charge in [0.25, 0.3) is 5.91 Å². The summed E-state index contributed by atoms with van der Waals surface area (Å²) < 4.78 is 95.8. The zero-order valence-corrected chi connectivity index (χ0v) is 25.5. The number of methoxy groups -OCH3 is 2. The molecule has 0 aliphatic carbocycles. The van der Waals surface area contributed by atoms with Crippen LogP contribution in [0.2, 0.25) is 0 Å². The number of ether oxygens (including phenoxy) is 3. The number of alkyl halides is 6. The van der Waals surface area contributed by atoms with E-state index >= 15 is 0 Å². The molecule has 1 N–H and O–H groups in total. The monoisotopic (exact) mass is 680 g/mol. The lowest BCUT2D eigenvalue weighted by Gasteiger charge is -2.17. The Balaban J connectivity index is 1.42. The van der Waals surface area contributed by atoms with Crippen LogP contribution in [0.15, 0.2) is 70.6 Å². The van der Waals surface area contributed by atoms with Crippen molar-refractivity contribution in [2.75, 3.05) is 19.5 Å². The summed E-state index contributed by atoms with van der Waals surface area (Å²) in [5.74, 6) is 0.592. The number of benzene rings is 3. The molecule has 0 bridgehead atoms. The predicted molar refractivity (Wildman–Crippen MR) is 158 cm³/mol. The maximum absolute atomic E-state index is 13.5. The fourth-order valence-electron chi connectivity index (χ4n) is 3.86. The molecule has 240 valence electrons. The number of carbonyl (C=O) groups is 1. The Labute approximate surface area is 266 Å². The van der Waals surface area contributed by atoms with Crippen molar-refractivity contribution < 1.29 is 45.3 Å². The topological polar surface area (TPSA) is 106 Å². The summed E-state index contributed by atoms with van der Waals surface area (Å²) in [4.78, 5) is 12.8. The number of anilines is 1. The van der Waals surface area contributed by atoms with Crippen LogP contribution >= 0.6 is 23.1 Å². The van der Waals surface area contributed by atoms with Gasteiger partial charge in [0.15, 0.2) is 15.8 Å². The number of rotatable bonds is 11. The van der Waals surface area contributed by atoms with Crippen LogP contribution in [0.1, 0.15) is 27.8 Å². The number of carbonyl (C=O) groups excluding carboxylic acids is 1. The molecule has 1 aromatic heterocycles. The third-order valence-electron chi connectivity index (χ3n) is 6.14. The molecule has 0 unspecified atom stereocenters. The number of nitrogens with zero attached hydrogens (tertiary/aromatic N) is 3. The fourth-order valence-corrected chi connectivity index (χ4v) is 5.56. The van der Waals surface area contributed by atoms with Crippen molar-refractivity contribution in [3.05, 3.63) is 94.1 Å². The minimum Gasteiger partial charge on any atom is -0.497 e. The number of halogens is 6. The smallest absolute Gasteiger partial charge is 0.416 e. The summed E-state index contributed by atoms with van der Waals surface area (Å²) in [7, 11) is 2.83. The molecule has 0 spiro atoms. The van der Waals surface area contributed by atoms with Crippen molar-refractivity contribution in [2.45, 2.75) is 29.1 Å². The molecule has 0 saturated heterocycles. The van der Waals surface area contributed by atoms with Gasteiger partial charge in [0.05, 0.1) is 25.3 Å². The molecule has 0 fully saturated rings. The summed E-state index contributed by atoms with van der Waals surface area (Å²) in [6.45, 7) is -0.716. The molecule has 3 aromatic carbocycles. The zero-order valence-electron chi connectivity index (χ0n) is 23.8. The van der Waals surface area contributed by atoms with Crippen molar-refractivity contribution >= 4 is 40.2 Å². The van der Waals surface area contributed by atoms with E-state index in [4.69, 9.17) is 14.2 Å². The summed E-state index contributed by atoms with van der Waals surface area (Å²) in [5, 5.41) is 20.3. The molecule has 0 aliphatic heterocycles. The number of thioether (sulfide) groups is 1. The Kier molecular flexibility index (Phi) is 10.8. The number of nitrogens with one attached hydrogen (secondary N) is 1. The first-order valence-electron chi connectivity index (χ1n) is 12.9. The van der Waals surface area contributed by atoms with Gasteiger partial charge in [-0.2, -0.15) is 31.6 Å². The highest BCUT2D eigenvalue weighted by Gasteiger charge is 2.38. The molecule has 16 heteroatoms. The molecule has 4 rings (SSSR count). The first-order chi connectivity index (χ1) is 21.8. The highest BCUT2D eigenvalue weighted by Crippen LogP contribution is 2.38. The molecule has 0 aliphatic rings. The second-order valence-electron chi connectivity index (χ2n) is 9.20. The average Bonchev–Trinajstić information content (AvgIpc) is 3.48. The molecule has 1 amide bonds. The van der Waals surface area contributed by atoms with Gasteiger partial charge in [0, 0.05) is 11.3 Å². The SMILES string of the molecule is COc1ccc(CSc2nnc(NC(=O)C(C#N)=Cc3ccc(OCc4ccc(C(F)(F)F)cc4C(F)(F)F)c(OC)c3)s2)cc1. The maximum Gasteiger partial charge on any atom is 0.416 e. The number of aromatic nitrogens is 2. The standard InChI is InChI=1S/C30H22F6N4O4S2/c1-42-22-8-3-17(4-9-22)16-45-28-40-39-27(46-28)38-26(41)20(14-37)11-18-5-10-24(25(12-18)43-2)44-15-19-6-7-21(29(31,32)33)13-23(19)30(34,35)36/h3-13H,15-16H2,1-2H3,(H,38,39,41). The third-order valence-corrected chi connectivity index (χ3v) is 8.18. The molecular weight excluding hydrogens is 658 g/mol. The van der Waals surface area contributed by atoms with Gasteiger partial charge in [-0.1, -0.05) is 47.4 Å². The van der Waals surface area contributed by atoms with E-state index in [0.717, 1.165) is 22.6 Å². The van der Waals surface area contributed by atoms with Gasteiger partial charge in [0.1, 0.15) is 24.0 Å². The van der Waals surface area contributed by atoms with Crippen LogP contribution in [-0.4, -0.2) is 30.3 Å². The zero-order chi connectivity index (χ0) is 33.5. The Morgan fingerprint density at radius 3 is 2.33 bits per heavy atom. The largest absolute Gasteiger partial charge is 0.497 e. The fraction of sp³-hybridized carbons (Fsp3) is 0.200. The minimum absolute atomic E-state index is 0.0239. The molecule has 4 aromatic rings. The third kappa shape index (κ3) is 8.92. The van der Waals surface area contributed by atoms with Gasteiger partial charge in [-0.25, -0.2) is 0 Å². The van der Waals surface area contributed by atoms with Crippen LogP contribution in [-0.2, 0) is 29.5 Å².